The van der Waals surface area contributed by atoms with Gasteiger partial charge in [-0.05, 0) is 24.7 Å². The maximum absolute atomic E-state index is 13.1. The normalized spacial score (nSPS) is 20.5. The fraction of sp³-hybridized carbons (Fsp3) is 0.571. The molecule has 2 fully saturated rings. The van der Waals surface area contributed by atoms with Crippen LogP contribution in [0.1, 0.15) is 62.0 Å². The molecule has 0 spiro atoms. The van der Waals surface area contributed by atoms with Crippen LogP contribution in [0.15, 0.2) is 12.4 Å². The molecule has 8 heteroatoms. The van der Waals surface area contributed by atoms with Crippen LogP contribution in [0.5, 0.6) is 0 Å². The molecule has 2 aliphatic rings. The molecular weight excluding hydrogens is 368 g/mol. The number of carbonyl (C=O) groups excluding carboxylic acids is 2. The van der Waals surface area contributed by atoms with Crippen molar-refractivity contribution >= 4 is 23.0 Å². The number of likely N-dealkylation sites (tertiary alicyclic amines) is 1. The topological polar surface area (TPSA) is 115 Å². The molecule has 1 saturated carbocycles. The SMILES string of the molecule is CC(C)(C)[C@@H](NC(=O)c1c[nH]c2ncc(C3CC3)nc12)C(=O)N1CC[C@H](C#N)C1. The van der Waals surface area contributed by atoms with Crippen LogP contribution in [0.2, 0.25) is 0 Å². The highest BCUT2D eigenvalue weighted by atomic mass is 16.2. The maximum Gasteiger partial charge on any atom is 0.255 e. The molecule has 2 aromatic heterocycles. The summed E-state index contributed by atoms with van der Waals surface area (Å²) in [5.74, 6) is -0.194. The predicted molar refractivity (Wildman–Crippen MR) is 107 cm³/mol. The number of nitrogens with one attached hydrogen (secondary N) is 2. The van der Waals surface area contributed by atoms with Crippen LogP contribution in [0.4, 0.5) is 0 Å². The summed E-state index contributed by atoms with van der Waals surface area (Å²) >= 11 is 0. The standard InChI is InChI=1S/C21H26N6O2/c1-21(2,3)17(20(29)27-7-6-12(8-22)11-27)26-19(28)14-9-23-18-16(14)25-15(10-24-18)13-4-5-13/h9-10,12-13,17H,4-7,11H2,1-3H3,(H,23,24)(H,26,28)/t12-,17+/m1/s1. The summed E-state index contributed by atoms with van der Waals surface area (Å²) in [4.78, 5) is 39.9. The minimum Gasteiger partial charge on any atom is -0.344 e. The Hall–Kier alpha value is -2.95. The Labute approximate surface area is 169 Å². The molecule has 2 atom stereocenters. The molecule has 152 valence electrons. The predicted octanol–water partition coefficient (Wildman–Crippen LogP) is 2.35. The monoisotopic (exact) mass is 394 g/mol. The van der Waals surface area contributed by atoms with Crippen LogP contribution in [-0.2, 0) is 4.79 Å². The first kappa shape index (κ1) is 19.4. The second-order valence-corrected chi connectivity index (χ2v) is 9.14. The van der Waals surface area contributed by atoms with Crippen molar-refractivity contribution in [3.63, 3.8) is 0 Å². The minimum atomic E-state index is -0.697. The number of nitrogens with zero attached hydrogens (tertiary/aromatic N) is 4. The number of hydrogen-bond acceptors (Lipinski definition) is 5. The zero-order valence-electron chi connectivity index (χ0n) is 17.0. The van der Waals surface area contributed by atoms with E-state index < -0.39 is 11.5 Å². The second kappa shape index (κ2) is 7.14. The highest BCUT2D eigenvalue weighted by Gasteiger charge is 2.38. The van der Waals surface area contributed by atoms with E-state index in [9.17, 15) is 9.59 Å². The van der Waals surface area contributed by atoms with Gasteiger partial charge in [0.05, 0.1) is 29.4 Å². The van der Waals surface area contributed by atoms with Gasteiger partial charge in [0.2, 0.25) is 5.91 Å². The molecule has 3 heterocycles. The van der Waals surface area contributed by atoms with Gasteiger partial charge in [-0.1, -0.05) is 20.8 Å². The van der Waals surface area contributed by atoms with Gasteiger partial charge in [-0.15, -0.1) is 0 Å². The second-order valence-electron chi connectivity index (χ2n) is 9.14. The number of amides is 2. The Bertz CT molecular complexity index is 995. The number of rotatable bonds is 4. The van der Waals surface area contributed by atoms with Crippen molar-refractivity contribution in [3.8, 4) is 6.07 Å². The van der Waals surface area contributed by atoms with E-state index in [4.69, 9.17) is 5.26 Å². The van der Waals surface area contributed by atoms with Crippen molar-refractivity contribution in [3.05, 3.63) is 23.7 Å². The zero-order valence-corrected chi connectivity index (χ0v) is 17.0. The largest absolute Gasteiger partial charge is 0.344 e. The van der Waals surface area contributed by atoms with Gasteiger partial charge in [-0.25, -0.2) is 9.97 Å². The van der Waals surface area contributed by atoms with E-state index in [1.807, 2.05) is 20.8 Å². The Balaban J connectivity index is 1.57. The van der Waals surface area contributed by atoms with Crippen LogP contribution in [0.25, 0.3) is 11.2 Å². The van der Waals surface area contributed by atoms with Crippen LogP contribution < -0.4 is 5.32 Å². The van der Waals surface area contributed by atoms with Gasteiger partial charge >= 0.3 is 0 Å². The lowest BCUT2D eigenvalue weighted by Crippen LogP contribution is -2.54. The highest BCUT2D eigenvalue weighted by molar-refractivity contribution is 6.06. The molecule has 0 bridgehead atoms. The van der Waals surface area contributed by atoms with Crippen LogP contribution >= 0.6 is 0 Å². The van der Waals surface area contributed by atoms with Crippen molar-refractivity contribution in [2.24, 2.45) is 11.3 Å². The summed E-state index contributed by atoms with van der Waals surface area (Å²) in [5, 5.41) is 12.1. The Morgan fingerprint density at radius 2 is 2.10 bits per heavy atom. The van der Waals surface area contributed by atoms with Crippen LogP contribution in [-0.4, -0.2) is 50.8 Å². The van der Waals surface area contributed by atoms with Gasteiger partial charge in [-0.2, -0.15) is 5.26 Å². The quantitative estimate of drug-likeness (QED) is 0.826. The van der Waals surface area contributed by atoms with Gasteiger partial charge in [0.25, 0.3) is 5.91 Å². The van der Waals surface area contributed by atoms with Crippen molar-refractivity contribution < 1.29 is 9.59 Å². The lowest BCUT2D eigenvalue weighted by Gasteiger charge is -2.33. The number of aromatic nitrogens is 3. The first-order chi connectivity index (χ1) is 13.8. The maximum atomic E-state index is 13.1. The molecule has 1 saturated heterocycles. The molecular formula is C21H26N6O2. The summed E-state index contributed by atoms with van der Waals surface area (Å²) < 4.78 is 0. The Morgan fingerprint density at radius 1 is 1.34 bits per heavy atom. The third-order valence-corrected chi connectivity index (χ3v) is 5.71. The lowest BCUT2D eigenvalue weighted by molar-refractivity contribution is -0.134. The summed E-state index contributed by atoms with van der Waals surface area (Å²) in [7, 11) is 0. The van der Waals surface area contributed by atoms with E-state index in [0.29, 0.717) is 42.2 Å². The van der Waals surface area contributed by atoms with Gasteiger partial charge in [0.15, 0.2) is 5.65 Å². The van der Waals surface area contributed by atoms with E-state index in [1.165, 1.54) is 0 Å². The first-order valence-electron chi connectivity index (χ1n) is 10.1. The Morgan fingerprint density at radius 3 is 2.72 bits per heavy atom. The van der Waals surface area contributed by atoms with Gasteiger partial charge in [0, 0.05) is 25.2 Å². The molecule has 2 aromatic rings. The van der Waals surface area contributed by atoms with Crippen LogP contribution in [0, 0.1) is 22.7 Å². The average molecular weight is 394 g/mol. The van der Waals surface area contributed by atoms with Crippen molar-refractivity contribution in [1.29, 1.82) is 5.26 Å². The van der Waals surface area contributed by atoms with E-state index >= 15 is 0 Å². The number of nitriles is 1. The highest BCUT2D eigenvalue weighted by Crippen LogP contribution is 2.39. The van der Waals surface area contributed by atoms with E-state index in [2.05, 4.69) is 26.3 Å². The fourth-order valence-electron chi connectivity index (χ4n) is 3.76. The Kier molecular flexibility index (Phi) is 4.77. The summed E-state index contributed by atoms with van der Waals surface area (Å²) in [5.41, 5.74) is 1.93. The third-order valence-electron chi connectivity index (χ3n) is 5.71. The fourth-order valence-corrected chi connectivity index (χ4v) is 3.76. The molecule has 2 N–H and O–H groups in total. The number of aromatic amines is 1. The molecule has 29 heavy (non-hydrogen) atoms. The van der Waals surface area contributed by atoms with Crippen molar-refractivity contribution in [2.45, 2.75) is 52.0 Å². The number of carbonyl (C=O) groups is 2. The van der Waals surface area contributed by atoms with E-state index in [-0.39, 0.29) is 17.7 Å². The van der Waals surface area contributed by atoms with E-state index in [1.54, 1.807) is 17.3 Å². The summed E-state index contributed by atoms with van der Waals surface area (Å²) in [6.07, 6.45) is 6.24. The number of H-pyrrole nitrogens is 1. The molecule has 0 radical (unpaired) electrons. The average Bonchev–Trinajstić information content (AvgIpc) is 3.26. The minimum absolute atomic E-state index is 0.139. The lowest BCUT2D eigenvalue weighted by atomic mass is 9.85. The molecule has 1 aliphatic heterocycles. The van der Waals surface area contributed by atoms with Crippen molar-refractivity contribution in [1.82, 2.24) is 25.2 Å². The molecule has 2 amide bonds. The summed E-state index contributed by atoms with van der Waals surface area (Å²) in [6, 6.07) is 1.53. The summed E-state index contributed by atoms with van der Waals surface area (Å²) in [6.45, 7) is 6.74. The van der Waals surface area contributed by atoms with Gasteiger partial charge in [-0.3, -0.25) is 9.59 Å². The molecule has 1 aliphatic carbocycles. The third kappa shape index (κ3) is 3.82. The molecule has 0 unspecified atom stereocenters. The van der Waals surface area contributed by atoms with Crippen molar-refractivity contribution in [2.75, 3.05) is 13.1 Å². The van der Waals surface area contributed by atoms with Crippen LogP contribution in [0.3, 0.4) is 0 Å². The molecule has 0 aromatic carbocycles. The molecule has 8 nitrogen and oxygen atoms in total. The van der Waals surface area contributed by atoms with E-state index in [0.717, 1.165) is 18.5 Å². The number of fused-ring (bicyclic) bond motifs is 1. The smallest absolute Gasteiger partial charge is 0.255 e. The van der Waals surface area contributed by atoms with Gasteiger partial charge in [0.1, 0.15) is 11.6 Å². The van der Waals surface area contributed by atoms with Gasteiger partial charge < -0.3 is 15.2 Å². The molecule has 4 rings (SSSR count). The number of hydrogen-bond donors (Lipinski definition) is 2. The first-order valence-corrected chi connectivity index (χ1v) is 10.1. The zero-order chi connectivity index (χ0) is 20.8.